The lowest BCUT2D eigenvalue weighted by molar-refractivity contribution is -0.134. The van der Waals surface area contributed by atoms with Crippen molar-refractivity contribution in [1.29, 1.82) is 0 Å². The summed E-state index contributed by atoms with van der Waals surface area (Å²) in [6.45, 7) is 8.82. The van der Waals surface area contributed by atoms with E-state index in [0.717, 1.165) is 11.1 Å². The molecule has 0 aliphatic carbocycles. The summed E-state index contributed by atoms with van der Waals surface area (Å²) in [5, 5.41) is 8.66. The van der Waals surface area contributed by atoms with Crippen LogP contribution in [0.4, 0.5) is 0 Å². The van der Waals surface area contributed by atoms with Crippen LogP contribution in [0.3, 0.4) is 0 Å². The number of amides is 1. The Morgan fingerprint density at radius 3 is 2.31 bits per heavy atom. The van der Waals surface area contributed by atoms with Gasteiger partial charge in [-0.05, 0) is 16.5 Å². The highest BCUT2D eigenvalue weighted by Gasteiger charge is 2.30. The van der Waals surface area contributed by atoms with Gasteiger partial charge in [0.15, 0.2) is 5.82 Å². The molecule has 0 saturated carbocycles. The minimum Gasteiger partial charge on any atom is -0.378 e. The number of nitrogens with two attached hydrogens (primary N) is 1. The maximum Gasteiger partial charge on any atom is 0.240 e. The van der Waals surface area contributed by atoms with Gasteiger partial charge in [-0.1, -0.05) is 87.1 Å². The number of thioether (sulfide) groups is 1. The second-order valence-corrected chi connectivity index (χ2v) is 9.92. The van der Waals surface area contributed by atoms with E-state index in [1.807, 2.05) is 47.4 Å². The van der Waals surface area contributed by atoms with Gasteiger partial charge in [0.1, 0.15) is 5.25 Å². The van der Waals surface area contributed by atoms with Gasteiger partial charge in [-0.25, -0.2) is 4.68 Å². The number of hydrogen-bond acceptors (Lipinski definition) is 6. The second kappa shape index (κ2) is 9.34. The summed E-state index contributed by atoms with van der Waals surface area (Å²) >= 11 is 1.33. The maximum atomic E-state index is 13.4. The van der Waals surface area contributed by atoms with Crippen LogP contribution in [-0.4, -0.2) is 52.0 Å². The Balaban J connectivity index is 1.60. The van der Waals surface area contributed by atoms with Crippen LogP contribution in [0.5, 0.6) is 0 Å². The molecule has 7 nitrogen and oxygen atoms in total. The lowest BCUT2D eigenvalue weighted by Gasteiger charge is -2.30. The predicted molar refractivity (Wildman–Crippen MR) is 127 cm³/mol. The molecule has 2 N–H and O–H groups in total. The van der Waals surface area contributed by atoms with E-state index in [4.69, 9.17) is 10.6 Å². The van der Waals surface area contributed by atoms with Crippen LogP contribution in [0.1, 0.15) is 37.1 Å². The van der Waals surface area contributed by atoms with E-state index in [0.29, 0.717) is 37.3 Å². The molecule has 1 aliphatic rings. The highest BCUT2D eigenvalue weighted by Crippen LogP contribution is 2.37. The fourth-order valence-corrected chi connectivity index (χ4v) is 4.66. The molecular formula is C24H29N5O2S. The molecule has 1 aliphatic heterocycles. The van der Waals surface area contributed by atoms with Crippen molar-refractivity contribution in [2.24, 2.45) is 0 Å². The third kappa shape index (κ3) is 4.81. The van der Waals surface area contributed by atoms with Crippen LogP contribution in [-0.2, 0) is 14.9 Å². The zero-order valence-corrected chi connectivity index (χ0v) is 19.5. The van der Waals surface area contributed by atoms with Crippen molar-refractivity contribution in [3.05, 3.63) is 65.7 Å². The number of carbonyl (C=O) groups excluding carboxylic acids is 1. The first kappa shape index (κ1) is 22.4. The molecule has 2 aromatic carbocycles. The summed E-state index contributed by atoms with van der Waals surface area (Å²) in [7, 11) is 0. The van der Waals surface area contributed by atoms with Crippen molar-refractivity contribution in [3.8, 4) is 11.4 Å². The van der Waals surface area contributed by atoms with Crippen LogP contribution in [0.2, 0.25) is 0 Å². The first-order valence-corrected chi connectivity index (χ1v) is 11.6. The fourth-order valence-electron chi connectivity index (χ4n) is 3.62. The number of rotatable bonds is 5. The lowest BCUT2D eigenvalue weighted by Crippen LogP contribution is -2.42. The van der Waals surface area contributed by atoms with Crippen LogP contribution in [0.15, 0.2) is 59.8 Å². The van der Waals surface area contributed by atoms with E-state index in [1.165, 1.54) is 22.0 Å². The smallest absolute Gasteiger partial charge is 0.240 e. The summed E-state index contributed by atoms with van der Waals surface area (Å²) in [5.41, 5.74) is 3.10. The van der Waals surface area contributed by atoms with E-state index in [1.54, 1.807) is 0 Å². The molecule has 0 radical (unpaired) electrons. The van der Waals surface area contributed by atoms with Gasteiger partial charge in [0.25, 0.3) is 0 Å². The van der Waals surface area contributed by atoms with E-state index in [9.17, 15) is 4.79 Å². The van der Waals surface area contributed by atoms with Crippen molar-refractivity contribution in [2.45, 2.75) is 36.6 Å². The van der Waals surface area contributed by atoms with Crippen LogP contribution in [0, 0.1) is 0 Å². The average molecular weight is 452 g/mol. The molecule has 1 atom stereocenters. The topological polar surface area (TPSA) is 86.3 Å². The Morgan fingerprint density at radius 2 is 1.69 bits per heavy atom. The van der Waals surface area contributed by atoms with Gasteiger partial charge in [0.2, 0.25) is 11.1 Å². The summed E-state index contributed by atoms with van der Waals surface area (Å²) in [5.74, 6) is 6.99. The standard InChI is InChI=1S/C24H29N5O2S/c1-24(2,3)19-11-9-18(10-12-19)21-26-27-23(29(21)25)32-20(17-7-5-4-6-8-17)22(30)28-13-15-31-16-14-28/h4-12,20H,13-16,25H2,1-3H3/t20-/m0/s1. The number of benzene rings is 2. The second-order valence-electron chi connectivity index (χ2n) is 8.85. The number of morpholine rings is 1. The third-order valence-electron chi connectivity index (χ3n) is 5.55. The largest absolute Gasteiger partial charge is 0.378 e. The monoisotopic (exact) mass is 451 g/mol. The quantitative estimate of drug-likeness (QED) is 0.471. The summed E-state index contributed by atoms with van der Waals surface area (Å²) in [6, 6.07) is 17.9. The zero-order chi connectivity index (χ0) is 22.7. The highest BCUT2D eigenvalue weighted by molar-refractivity contribution is 8.00. The number of aromatic nitrogens is 3. The molecule has 1 aromatic heterocycles. The fraction of sp³-hybridized carbons (Fsp3) is 0.375. The van der Waals surface area contributed by atoms with Crippen molar-refractivity contribution >= 4 is 17.7 Å². The molecule has 0 unspecified atom stereocenters. The van der Waals surface area contributed by atoms with E-state index < -0.39 is 5.25 Å². The molecular weight excluding hydrogens is 422 g/mol. The molecule has 168 valence electrons. The first-order valence-electron chi connectivity index (χ1n) is 10.7. The van der Waals surface area contributed by atoms with Gasteiger partial charge >= 0.3 is 0 Å². The first-order chi connectivity index (χ1) is 15.3. The van der Waals surface area contributed by atoms with Gasteiger partial charge in [0, 0.05) is 18.7 Å². The predicted octanol–water partition coefficient (Wildman–Crippen LogP) is 3.65. The summed E-state index contributed by atoms with van der Waals surface area (Å²) < 4.78 is 6.88. The van der Waals surface area contributed by atoms with E-state index >= 15 is 0 Å². The number of ether oxygens (including phenoxy) is 1. The van der Waals surface area contributed by atoms with Gasteiger partial charge in [-0.3, -0.25) is 4.79 Å². The number of carbonyl (C=O) groups is 1. The zero-order valence-electron chi connectivity index (χ0n) is 18.7. The normalized spacial score (nSPS) is 15.5. The van der Waals surface area contributed by atoms with Crippen molar-refractivity contribution in [1.82, 2.24) is 19.8 Å². The van der Waals surface area contributed by atoms with Crippen LogP contribution < -0.4 is 5.84 Å². The Hall–Kier alpha value is -2.84. The molecule has 8 heteroatoms. The lowest BCUT2D eigenvalue weighted by atomic mass is 9.87. The minimum atomic E-state index is -0.461. The van der Waals surface area contributed by atoms with Crippen LogP contribution in [0.25, 0.3) is 11.4 Å². The highest BCUT2D eigenvalue weighted by atomic mass is 32.2. The minimum absolute atomic E-state index is 0.0311. The molecule has 0 bridgehead atoms. The molecule has 1 fully saturated rings. The van der Waals surface area contributed by atoms with Crippen molar-refractivity contribution < 1.29 is 9.53 Å². The number of nitrogens with zero attached hydrogens (tertiary/aromatic N) is 4. The SMILES string of the molecule is CC(C)(C)c1ccc(-c2nnc(S[C@H](C(=O)N3CCOCC3)c3ccccc3)n2N)cc1. The van der Waals surface area contributed by atoms with Gasteiger partial charge < -0.3 is 15.5 Å². The molecule has 32 heavy (non-hydrogen) atoms. The maximum absolute atomic E-state index is 13.4. The van der Waals surface area contributed by atoms with Gasteiger partial charge in [0.05, 0.1) is 13.2 Å². The van der Waals surface area contributed by atoms with E-state index in [-0.39, 0.29) is 11.3 Å². The number of hydrogen-bond donors (Lipinski definition) is 1. The molecule has 1 amide bonds. The molecule has 4 rings (SSSR count). The van der Waals surface area contributed by atoms with Gasteiger partial charge in [-0.2, -0.15) is 0 Å². The molecule has 3 aromatic rings. The Morgan fingerprint density at radius 1 is 1.03 bits per heavy atom. The third-order valence-corrected chi connectivity index (χ3v) is 6.74. The number of nitrogen functional groups attached to an aromatic ring is 1. The summed E-state index contributed by atoms with van der Waals surface area (Å²) in [6.07, 6.45) is 0. The van der Waals surface area contributed by atoms with Gasteiger partial charge in [-0.15, -0.1) is 10.2 Å². The van der Waals surface area contributed by atoms with E-state index in [2.05, 4.69) is 43.1 Å². The molecule has 1 saturated heterocycles. The van der Waals surface area contributed by atoms with Crippen LogP contribution >= 0.6 is 11.8 Å². The Kier molecular flexibility index (Phi) is 6.53. The summed E-state index contributed by atoms with van der Waals surface area (Å²) in [4.78, 5) is 15.2. The van der Waals surface area contributed by atoms with Crippen molar-refractivity contribution in [2.75, 3.05) is 32.1 Å². The Bertz CT molecular complexity index is 1050. The molecule has 2 heterocycles. The average Bonchev–Trinajstić information content (AvgIpc) is 3.17. The Labute approximate surface area is 192 Å². The van der Waals surface area contributed by atoms with Crippen molar-refractivity contribution in [3.63, 3.8) is 0 Å². The molecule has 0 spiro atoms.